The van der Waals surface area contributed by atoms with Crippen LogP contribution in [-0.2, 0) is 20.0 Å². The van der Waals surface area contributed by atoms with Crippen molar-refractivity contribution in [1.29, 1.82) is 0 Å². The van der Waals surface area contributed by atoms with Crippen molar-refractivity contribution in [2.75, 3.05) is 62.2 Å². The van der Waals surface area contributed by atoms with E-state index in [0.29, 0.717) is 52.6 Å². The standard InChI is InChI=1S/C19H15Cl3N4O4S2.C19H15ClF2N4O4S2/c20-13-7-12(8-14(21)9-13)17-11-31-19(23-17)24-3-5-25(6-4-24)32(29,30)15-1-2-16(22)18(10-15)26(27)28;20-16-2-1-15(10-18(16)26(27)28)32(29,30)25-5-3-24(4-6-25)19-23-17(11-31-19)12-7-13(21)9-14(22)8-12/h2*1-2,7-11H,3-6H2. The summed E-state index contributed by atoms with van der Waals surface area (Å²) in [6, 6.07) is 15.3. The van der Waals surface area contributed by atoms with Gasteiger partial charge in [-0.2, -0.15) is 8.61 Å². The molecule has 0 spiro atoms. The van der Waals surface area contributed by atoms with Crippen LogP contribution in [0.5, 0.6) is 0 Å². The van der Waals surface area contributed by atoms with Crippen molar-refractivity contribution in [2.45, 2.75) is 9.79 Å². The number of rotatable bonds is 10. The summed E-state index contributed by atoms with van der Waals surface area (Å²) in [6.45, 7) is 2.24. The molecule has 2 aromatic heterocycles. The summed E-state index contributed by atoms with van der Waals surface area (Å²) in [5, 5.41) is 27.9. The predicted octanol–water partition coefficient (Wildman–Crippen LogP) is 9.35. The van der Waals surface area contributed by atoms with Gasteiger partial charge in [-0.05, 0) is 54.6 Å². The van der Waals surface area contributed by atoms with E-state index < -0.39 is 52.9 Å². The third kappa shape index (κ3) is 10.6. The average Bonchev–Trinajstić information content (AvgIpc) is 3.95. The fourth-order valence-corrected chi connectivity index (χ4v) is 12.2. The third-order valence-electron chi connectivity index (χ3n) is 9.82. The first-order valence-electron chi connectivity index (χ1n) is 18.5. The summed E-state index contributed by atoms with van der Waals surface area (Å²) in [7, 11) is -7.83. The van der Waals surface area contributed by atoms with Crippen molar-refractivity contribution in [3.63, 3.8) is 0 Å². The van der Waals surface area contributed by atoms with Crippen molar-refractivity contribution in [3.05, 3.63) is 136 Å². The lowest BCUT2D eigenvalue weighted by Gasteiger charge is -2.33. The molecule has 8 rings (SSSR count). The van der Waals surface area contributed by atoms with Crippen molar-refractivity contribution in [1.82, 2.24) is 18.6 Å². The molecule has 0 saturated carbocycles. The highest BCUT2D eigenvalue weighted by Gasteiger charge is 2.33. The maximum Gasteiger partial charge on any atom is 0.289 e. The maximum absolute atomic E-state index is 13.5. The van der Waals surface area contributed by atoms with Gasteiger partial charge in [0, 0.05) is 102 Å². The number of hydrogen-bond donors (Lipinski definition) is 0. The molecule has 0 unspecified atom stereocenters. The number of aromatic nitrogens is 2. The molecule has 4 aromatic carbocycles. The van der Waals surface area contributed by atoms with Gasteiger partial charge in [0.25, 0.3) is 11.4 Å². The molecule has 0 amide bonds. The first kappa shape index (κ1) is 47.3. The molecule has 2 aliphatic rings. The van der Waals surface area contributed by atoms with Gasteiger partial charge in [0.05, 0.1) is 31.0 Å². The van der Waals surface area contributed by atoms with Crippen LogP contribution in [0.3, 0.4) is 0 Å². The predicted molar refractivity (Wildman–Crippen MR) is 243 cm³/mol. The molecule has 4 heterocycles. The highest BCUT2D eigenvalue weighted by Crippen LogP contribution is 2.35. The number of thiazole rings is 2. The molecule has 0 aliphatic carbocycles. The Labute approximate surface area is 392 Å². The Hall–Kier alpha value is -4.62. The van der Waals surface area contributed by atoms with E-state index in [9.17, 15) is 45.8 Å². The van der Waals surface area contributed by atoms with E-state index in [4.69, 9.17) is 46.4 Å². The van der Waals surface area contributed by atoms with Gasteiger partial charge in [-0.15, -0.1) is 22.7 Å². The van der Waals surface area contributed by atoms with Crippen LogP contribution in [-0.4, -0.2) is 97.6 Å². The molecule has 64 heavy (non-hydrogen) atoms. The number of hydrogen-bond acceptors (Lipinski definition) is 14. The van der Waals surface area contributed by atoms with Crippen molar-refractivity contribution >= 4 is 111 Å². The minimum absolute atomic E-state index is 0.112. The normalized spacial score (nSPS) is 15.2. The van der Waals surface area contributed by atoms with Crippen LogP contribution < -0.4 is 9.80 Å². The van der Waals surface area contributed by atoms with Gasteiger partial charge in [-0.1, -0.05) is 46.4 Å². The summed E-state index contributed by atoms with van der Waals surface area (Å²) in [6.07, 6.45) is 0. The van der Waals surface area contributed by atoms with Crippen LogP contribution in [0.2, 0.25) is 20.1 Å². The second kappa shape index (κ2) is 19.5. The van der Waals surface area contributed by atoms with E-state index in [-0.39, 0.29) is 46.0 Å². The van der Waals surface area contributed by atoms with Crippen molar-refractivity contribution in [2.24, 2.45) is 0 Å². The zero-order chi connectivity index (χ0) is 46.1. The number of sulfonamides is 2. The molecular weight excluding hydrogens is 1000 g/mol. The fourth-order valence-electron chi connectivity index (χ4n) is 6.61. The van der Waals surface area contributed by atoms with E-state index in [1.807, 2.05) is 15.2 Å². The van der Waals surface area contributed by atoms with Gasteiger partial charge in [0.15, 0.2) is 10.3 Å². The van der Waals surface area contributed by atoms with Gasteiger partial charge < -0.3 is 9.80 Å². The van der Waals surface area contributed by atoms with Crippen LogP contribution >= 0.6 is 69.1 Å². The molecule has 2 saturated heterocycles. The molecule has 2 fully saturated rings. The molecule has 336 valence electrons. The van der Waals surface area contributed by atoms with E-state index in [1.165, 1.54) is 67.7 Å². The smallest absolute Gasteiger partial charge is 0.289 e. The molecule has 0 radical (unpaired) electrons. The van der Waals surface area contributed by atoms with E-state index >= 15 is 0 Å². The Kier molecular flexibility index (Phi) is 14.4. The van der Waals surface area contributed by atoms with Crippen LogP contribution in [0.4, 0.5) is 30.4 Å². The molecule has 0 bridgehead atoms. The number of nitro groups is 2. The minimum Gasteiger partial charge on any atom is -0.345 e. The van der Waals surface area contributed by atoms with Crippen molar-refractivity contribution in [3.8, 4) is 22.5 Å². The largest absolute Gasteiger partial charge is 0.345 e. The van der Waals surface area contributed by atoms with Crippen LogP contribution in [0.1, 0.15) is 0 Å². The lowest BCUT2D eigenvalue weighted by atomic mass is 10.1. The molecule has 26 heteroatoms. The number of nitro benzene ring substituents is 2. The van der Waals surface area contributed by atoms with Crippen molar-refractivity contribution < 1.29 is 35.5 Å². The minimum atomic E-state index is -3.94. The van der Waals surface area contributed by atoms with Gasteiger partial charge in [0.1, 0.15) is 21.7 Å². The van der Waals surface area contributed by atoms with Gasteiger partial charge in [-0.25, -0.2) is 35.6 Å². The number of benzene rings is 4. The molecule has 6 aromatic rings. The van der Waals surface area contributed by atoms with Gasteiger partial charge >= 0.3 is 0 Å². The second-order valence-electron chi connectivity index (χ2n) is 13.9. The van der Waals surface area contributed by atoms with E-state index in [1.54, 1.807) is 23.6 Å². The topological polar surface area (TPSA) is 193 Å². The van der Waals surface area contributed by atoms with Crippen LogP contribution in [0.15, 0.2) is 93.3 Å². The molecule has 0 atom stereocenters. The first-order chi connectivity index (χ1) is 30.3. The summed E-state index contributed by atoms with van der Waals surface area (Å²) in [5.74, 6) is -1.40. The quantitative estimate of drug-likeness (QED) is 0.0934. The Bertz CT molecular complexity index is 2750. The molecule has 0 N–H and O–H groups in total. The van der Waals surface area contributed by atoms with E-state index in [0.717, 1.165) is 34.6 Å². The van der Waals surface area contributed by atoms with Gasteiger partial charge in [0.2, 0.25) is 20.0 Å². The fraction of sp³-hybridized carbons (Fsp3) is 0.211. The monoisotopic (exact) mass is 1030 g/mol. The Morgan fingerprint density at radius 2 is 0.922 bits per heavy atom. The number of nitrogens with zero attached hydrogens (tertiary/aromatic N) is 8. The third-order valence-corrected chi connectivity index (χ3v) is 16.5. The molecule has 2 aliphatic heterocycles. The number of piperazine rings is 2. The summed E-state index contributed by atoms with van der Waals surface area (Å²) in [4.78, 5) is 33.3. The zero-order valence-electron chi connectivity index (χ0n) is 32.5. The first-order valence-corrected chi connectivity index (χ1v) is 24.7. The molecule has 16 nitrogen and oxygen atoms in total. The summed E-state index contributed by atoms with van der Waals surface area (Å²) >= 11 is 26.5. The highest BCUT2D eigenvalue weighted by molar-refractivity contribution is 7.89. The SMILES string of the molecule is O=[N+]([O-])c1cc(S(=O)(=O)N2CCN(c3nc(-c4cc(Cl)cc(Cl)c4)cs3)CC2)ccc1Cl.O=[N+]([O-])c1cc(S(=O)(=O)N2CCN(c3nc(-c4cc(F)cc(F)c4)cs3)CC2)ccc1Cl. The highest BCUT2D eigenvalue weighted by atomic mass is 35.5. The van der Waals surface area contributed by atoms with E-state index in [2.05, 4.69) is 9.97 Å². The zero-order valence-corrected chi connectivity index (χ0v) is 38.8. The lowest BCUT2D eigenvalue weighted by molar-refractivity contribution is -0.385. The van der Waals surface area contributed by atoms with Gasteiger partial charge in [-0.3, -0.25) is 20.2 Å². The maximum atomic E-state index is 13.5. The summed E-state index contributed by atoms with van der Waals surface area (Å²) < 4.78 is 81.3. The van der Waals surface area contributed by atoms with Crippen LogP contribution in [0.25, 0.3) is 22.5 Å². The number of anilines is 2. The second-order valence-corrected chi connectivity index (χ2v) is 21.1. The summed E-state index contributed by atoms with van der Waals surface area (Å²) in [5.41, 5.74) is 1.36. The Balaban J connectivity index is 0.000000191. The lowest BCUT2D eigenvalue weighted by Crippen LogP contribution is -2.48. The number of halogens is 6. The Morgan fingerprint density at radius 3 is 1.30 bits per heavy atom. The van der Waals surface area contributed by atoms with Crippen LogP contribution in [0, 0.1) is 31.9 Å². The Morgan fingerprint density at radius 1 is 0.547 bits per heavy atom. The average molecular weight is 1030 g/mol. The molecular formula is C38H30Cl4F2N8O8S4.